The van der Waals surface area contributed by atoms with Crippen LogP contribution in [0.15, 0.2) is 24.3 Å². The number of aliphatic hydroxyl groups excluding tert-OH is 1. The molecule has 0 bridgehead atoms. The van der Waals surface area contributed by atoms with Gasteiger partial charge in [-0.1, -0.05) is 0 Å². The first-order valence-electron chi connectivity index (χ1n) is 4.10. The SMILES string of the molecule is CONc1ccc(NCCO)cc1. The van der Waals surface area contributed by atoms with Crippen LogP contribution in [0.25, 0.3) is 0 Å². The van der Waals surface area contributed by atoms with Crippen LogP contribution >= 0.6 is 0 Å². The molecule has 0 radical (unpaired) electrons. The normalized spacial score (nSPS) is 9.69. The Morgan fingerprint density at radius 1 is 1.23 bits per heavy atom. The van der Waals surface area contributed by atoms with Gasteiger partial charge in [0, 0.05) is 12.2 Å². The summed E-state index contributed by atoms with van der Waals surface area (Å²) in [7, 11) is 1.57. The quantitative estimate of drug-likeness (QED) is 0.596. The summed E-state index contributed by atoms with van der Waals surface area (Å²) in [6, 6.07) is 7.61. The van der Waals surface area contributed by atoms with Gasteiger partial charge in [-0.3, -0.25) is 10.3 Å². The predicted molar refractivity (Wildman–Crippen MR) is 52.6 cm³/mol. The number of benzene rings is 1. The molecule has 3 N–H and O–H groups in total. The van der Waals surface area contributed by atoms with E-state index in [9.17, 15) is 0 Å². The summed E-state index contributed by atoms with van der Waals surface area (Å²) >= 11 is 0. The van der Waals surface area contributed by atoms with Gasteiger partial charge in [0.15, 0.2) is 0 Å². The van der Waals surface area contributed by atoms with E-state index in [4.69, 9.17) is 9.94 Å². The molecule has 0 fully saturated rings. The maximum absolute atomic E-state index is 8.57. The second-order valence-corrected chi connectivity index (χ2v) is 2.53. The molecule has 1 aromatic rings. The first-order chi connectivity index (χ1) is 6.36. The predicted octanol–water partition coefficient (Wildman–Crippen LogP) is 1.06. The van der Waals surface area contributed by atoms with Crippen LogP contribution in [0.3, 0.4) is 0 Å². The molecule has 0 aliphatic heterocycles. The highest BCUT2D eigenvalue weighted by Gasteiger charge is 1.91. The summed E-state index contributed by atoms with van der Waals surface area (Å²) in [4.78, 5) is 4.74. The number of hydrogen-bond donors (Lipinski definition) is 3. The fourth-order valence-electron chi connectivity index (χ4n) is 0.974. The van der Waals surface area contributed by atoms with Gasteiger partial charge in [-0.25, -0.2) is 0 Å². The third kappa shape index (κ3) is 3.31. The van der Waals surface area contributed by atoms with Crippen molar-refractivity contribution in [2.75, 3.05) is 31.1 Å². The van der Waals surface area contributed by atoms with Crippen molar-refractivity contribution >= 4 is 11.4 Å². The van der Waals surface area contributed by atoms with Gasteiger partial charge in [-0.15, -0.1) is 0 Å². The minimum Gasteiger partial charge on any atom is -0.395 e. The lowest BCUT2D eigenvalue weighted by Crippen LogP contribution is -2.05. The molecular formula is C9H14N2O2. The summed E-state index contributed by atoms with van der Waals surface area (Å²) in [5.41, 5.74) is 4.60. The van der Waals surface area contributed by atoms with Gasteiger partial charge < -0.3 is 10.4 Å². The van der Waals surface area contributed by atoms with Crippen molar-refractivity contribution in [3.05, 3.63) is 24.3 Å². The van der Waals surface area contributed by atoms with Crippen molar-refractivity contribution in [2.45, 2.75) is 0 Å². The Labute approximate surface area is 77.5 Å². The molecular weight excluding hydrogens is 168 g/mol. The minimum atomic E-state index is 0.137. The fraction of sp³-hybridized carbons (Fsp3) is 0.333. The highest BCUT2D eigenvalue weighted by Crippen LogP contribution is 2.12. The lowest BCUT2D eigenvalue weighted by molar-refractivity contribution is 0.271. The Balaban J connectivity index is 2.48. The first kappa shape index (κ1) is 9.83. The number of anilines is 2. The minimum absolute atomic E-state index is 0.137. The third-order valence-corrected chi connectivity index (χ3v) is 1.55. The zero-order valence-corrected chi connectivity index (χ0v) is 7.58. The van der Waals surface area contributed by atoms with Gasteiger partial charge >= 0.3 is 0 Å². The van der Waals surface area contributed by atoms with Crippen molar-refractivity contribution in [1.82, 2.24) is 0 Å². The van der Waals surface area contributed by atoms with Gasteiger partial charge in [-0.2, -0.15) is 0 Å². The molecule has 13 heavy (non-hydrogen) atoms. The van der Waals surface area contributed by atoms with Crippen molar-refractivity contribution in [2.24, 2.45) is 0 Å². The molecule has 0 aromatic heterocycles. The van der Waals surface area contributed by atoms with E-state index in [1.165, 1.54) is 0 Å². The maximum Gasteiger partial charge on any atom is 0.0636 e. The largest absolute Gasteiger partial charge is 0.395 e. The van der Waals surface area contributed by atoms with Gasteiger partial charge in [-0.05, 0) is 24.3 Å². The molecule has 0 saturated heterocycles. The van der Waals surface area contributed by atoms with Crippen LogP contribution < -0.4 is 10.8 Å². The molecule has 0 spiro atoms. The summed E-state index contributed by atoms with van der Waals surface area (Å²) in [6.45, 7) is 0.703. The molecule has 1 aromatic carbocycles. The summed E-state index contributed by atoms with van der Waals surface area (Å²) in [5, 5.41) is 11.6. The average Bonchev–Trinajstić information content (AvgIpc) is 2.17. The molecule has 0 atom stereocenters. The maximum atomic E-state index is 8.57. The van der Waals surface area contributed by atoms with E-state index in [1.807, 2.05) is 24.3 Å². The molecule has 0 saturated carbocycles. The highest BCUT2D eigenvalue weighted by atomic mass is 16.6. The van der Waals surface area contributed by atoms with Gasteiger partial charge in [0.05, 0.1) is 19.4 Å². The number of rotatable bonds is 5. The summed E-state index contributed by atoms with van der Waals surface area (Å²) < 4.78 is 0. The highest BCUT2D eigenvalue weighted by molar-refractivity contribution is 5.52. The van der Waals surface area contributed by atoms with Crippen LogP contribution in [-0.2, 0) is 4.84 Å². The van der Waals surface area contributed by atoms with E-state index < -0.39 is 0 Å². The summed E-state index contributed by atoms with van der Waals surface area (Å²) in [6.07, 6.45) is 0. The zero-order chi connectivity index (χ0) is 9.52. The van der Waals surface area contributed by atoms with Gasteiger partial charge in [0.1, 0.15) is 0 Å². The molecule has 4 heteroatoms. The standard InChI is InChI=1S/C9H14N2O2/c1-13-11-9-4-2-8(3-5-9)10-6-7-12/h2-5,10-12H,6-7H2,1H3. The van der Waals surface area contributed by atoms with Crippen LogP contribution in [0.5, 0.6) is 0 Å². The topological polar surface area (TPSA) is 53.5 Å². The Hall–Kier alpha value is -1.26. The Bertz CT molecular complexity index is 236. The molecule has 0 amide bonds. The number of hydrogen-bond acceptors (Lipinski definition) is 4. The first-order valence-corrected chi connectivity index (χ1v) is 4.10. The van der Waals surface area contributed by atoms with Crippen LogP contribution in [0.2, 0.25) is 0 Å². The van der Waals surface area contributed by atoms with Crippen molar-refractivity contribution in [1.29, 1.82) is 0 Å². The van der Waals surface area contributed by atoms with E-state index in [0.717, 1.165) is 11.4 Å². The monoisotopic (exact) mass is 182 g/mol. The van der Waals surface area contributed by atoms with Gasteiger partial charge in [0.25, 0.3) is 0 Å². The molecule has 1 rings (SSSR count). The lowest BCUT2D eigenvalue weighted by Gasteiger charge is -2.06. The molecule has 72 valence electrons. The lowest BCUT2D eigenvalue weighted by atomic mass is 10.3. The zero-order valence-electron chi connectivity index (χ0n) is 7.58. The number of aliphatic hydroxyl groups is 1. The van der Waals surface area contributed by atoms with Crippen molar-refractivity contribution < 1.29 is 9.94 Å². The van der Waals surface area contributed by atoms with Crippen molar-refractivity contribution in [3.63, 3.8) is 0 Å². The van der Waals surface area contributed by atoms with E-state index in [1.54, 1.807) is 7.11 Å². The second-order valence-electron chi connectivity index (χ2n) is 2.53. The Kier molecular flexibility index (Phi) is 4.08. The average molecular weight is 182 g/mol. The number of nitrogens with one attached hydrogen (secondary N) is 2. The Morgan fingerprint density at radius 3 is 2.38 bits per heavy atom. The second kappa shape index (κ2) is 5.40. The van der Waals surface area contributed by atoms with Crippen LogP contribution in [0.1, 0.15) is 0 Å². The molecule has 0 aliphatic rings. The van der Waals surface area contributed by atoms with E-state index in [2.05, 4.69) is 10.8 Å². The Morgan fingerprint density at radius 2 is 1.85 bits per heavy atom. The molecule has 4 nitrogen and oxygen atoms in total. The van der Waals surface area contributed by atoms with Crippen molar-refractivity contribution in [3.8, 4) is 0 Å². The van der Waals surface area contributed by atoms with Crippen LogP contribution in [-0.4, -0.2) is 25.4 Å². The fourth-order valence-corrected chi connectivity index (χ4v) is 0.974. The van der Waals surface area contributed by atoms with Gasteiger partial charge in [0.2, 0.25) is 0 Å². The molecule has 0 heterocycles. The summed E-state index contributed by atoms with van der Waals surface area (Å²) in [5.74, 6) is 0. The smallest absolute Gasteiger partial charge is 0.0636 e. The van der Waals surface area contributed by atoms with Crippen LogP contribution in [0.4, 0.5) is 11.4 Å². The molecule has 0 aliphatic carbocycles. The third-order valence-electron chi connectivity index (χ3n) is 1.55. The van der Waals surface area contributed by atoms with E-state index in [-0.39, 0.29) is 6.61 Å². The van der Waals surface area contributed by atoms with E-state index >= 15 is 0 Å². The van der Waals surface area contributed by atoms with E-state index in [0.29, 0.717) is 6.54 Å². The molecule has 0 unspecified atom stereocenters. The van der Waals surface area contributed by atoms with Crippen LogP contribution in [0, 0.1) is 0 Å².